The Kier molecular flexibility index (Phi) is 4.06. The molecule has 0 bridgehead atoms. The molecule has 0 radical (unpaired) electrons. The van der Waals surface area contributed by atoms with E-state index in [0.717, 1.165) is 18.3 Å². The first kappa shape index (κ1) is 15.4. The number of benzene rings is 1. The number of hydrogen-bond acceptors (Lipinski definition) is 5. The number of furan rings is 1. The lowest BCUT2D eigenvalue weighted by Gasteiger charge is -2.06. The van der Waals surface area contributed by atoms with Crippen LogP contribution in [-0.2, 0) is 0 Å². The zero-order chi connectivity index (χ0) is 16.4. The molecule has 0 atom stereocenters. The van der Waals surface area contributed by atoms with E-state index in [1.54, 1.807) is 5.43 Å². The molecule has 0 saturated heterocycles. The molecule has 2 aromatic rings. The summed E-state index contributed by atoms with van der Waals surface area (Å²) < 4.78 is 69.8. The summed E-state index contributed by atoms with van der Waals surface area (Å²) in [6.45, 7) is 0. The van der Waals surface area contributed by atoms with Crippen molar-refractivity contribution in [2.75, 3.05) is 5.43 Å². The van der Waals surface area contributed by atoms with Crippen LogP contribution in [0.3, 0.4) is 0 Å². The molecule has 6 nitrogen and oxygen atoms in total. The Balaban J connectivity index is 2.24. The van der Waals surface area contributed by atoms with E-state index >= 15 is 0 Å². The van der Waals surface area contributed by atoms with E-state index in [-0.39, 0.29) is 5.76 Å². The standard InChI is InChI=1S/C11H4F5N3O3/c12-6-7(13)9(15)11(10(16)8(6)14)18-17-3-4-1-2-5(22-4)19(20)21/h1-3,18H/b17-3+. The summed E-state index contributed by atoms with van der Waals surface area (Å²) >= 11 is 0. The highest BCUT2D eigenvalue weighted by atomic mass is 19.2. The zero-order valence-electron chi connectivity index (χ0n) is 10.2. The second-order valence-corrected chi connectivity index (χ2v) is 3.75. The Morgan fingerprint density at radius 2 is 1.59 bits per heavy atom. The number of halogens is 5. The quantitative estimate of drug-likeness (QED) is 0.234. The molecule has 11 heteroatoms. The van der Waals surface area contributed by atoms with Gasteiger partial charge >= 0.3 is 5.88 Å². The molecule has 1 aromatic carbocycles. The van der Waals surface area contributed by atoms with Crippen molar-refractivity contribution in [3.8, 4) is 0 Å². The van der Waals surface area contributed by atoms with Crippen LogP contribution in [0.4, 0.5) is 33.5 Å². The molecule has 0 aliphatic rings. The smallest absolute Gasteiger partial charge is 0.400 e. The molecule has 0 fully saturated rings. The molecule has 0 amide bonds. The predicted molar refractivity (Wildman–Crippen MR) is 62.8 cm³/mol. The maximum atomic E-state index is 13.3. The lowest BCUT2D eigenvalue weighted by atomic mass is 10.2. The molecular formula is C11H4F5N3O3. The van der Waals surface area contributed by atoms with Gasteiger partial charge in [0.05, 0.1) is 12.3 Å². The van der Waals surface area contributed by atoms with Crippen LogP contribution >= 0.6 is 0 Å². The average Bonchev–Trinajstić information content (AvgIpc) is 2.96. The molecular weight excluding hydrogens is 317 g/mol. The van der Waals surface area contributed by atoms with Crippen LogP contribution in [0.15, 0.2) is 21.7 Å². The molecule has 1 N–H and O–H groups in total. The van der Waals surface area contributed by atoms with Gasteiger partial charge in [-0.05, 0) is 6.07 Å². The van der Waals surface area contributed by atoms with Gasteiger partial charge in [-0.15, -0.1) is 0 Å². The minimum absolute atomic E-state index is 0.178. The van der Waals surface area contributed by atoms with Gasteiger partial charge in [0.2, 0.25) is 5.82 Å². The van der Waals surface area contributed by atoms with Crippen molar-refractivity contribution in [2.45, 2.75) is 0 Å². The van der Waals surface area contributed by atoms with Gasteiger partial charge < -0.3 is 4.42 Å². The van der Waals surface area contributed by atoms with Crippen LogP contribution in [-0.4, -0.2) is 11.1 Å². The topological polar surface area (TPSA) is 80.7 Å². The lowest BCUT2D eigenvalue weighted by molar-refractivity contribution is -0.402. The van der Waals surface area contributed by atoms with Crippen molar-refractivity contribution >= 4 is 17.8 Å². The van der Waals surface area contributed by atoms with E-state index in [9.17, 15) is 32.1 Å². The summed E-state index contributed by atoms with van der Waals surface area (Å²) in [6.07, 6.45) is 0.755. The number of nitro groups is 1. The maximum absolute atomic E-state index is 13.3. The minimum Gasteiger partial charge on any atom is -0.400 e. The fourth-order valence-corrected chi connectivity index (χ4v) is 1.37. The highest BCUT2D eigenvalue weighted by Crippen LogP contribution is 2.27. The Hall–Kier alpha value is -2.98. The average molecular weight is 321 g/mol. The monoisotopic (exact) mass is 321 g/mol. The van der Waals surface area contributed by atoms with Crippen LogP contribution in [0.2, 0.25) is 0 Å². The van der Waals surface area contributed by atoms with Crippen LogP contribution in [0, 0.1) is 39.2 Å². The lowest BCUT2D eigenvalue weighted by Crippen LogP contribution is -2.06. The molecule has 1 aromatic heterocycles. The summed E-state index contributed by atoms with van der Waals surface area (Å²) in [5.74, 6) is -11.6. The van der Waals surface area contributed by atoms with Crippen LogP contribution in [0.1, 0.15) is 5.76 Å². The molecule has 0 saturated carbocycles. The zero-order valence-corrected chi connectivity index (χ0v) is 10.2. The van der Waals surface area contributed by atoms with Gasteiger partial charge in [-0.3, -0.25) is 15.5 Å². The first-order valence-corrected chi connectivity index (χ1v) is 5.37. The van der Waals surface area contributed by atoms with E-state index in [1.807, 2.05) is 0 Å². The maximum Gasteiger partial charge on any atom is 0.433 e. The van der Waals surface area contributed by atoms with E-state index < -0.39 is 45.6 Å². The summed E-state index contributed by atoms with van der Waals surface area (Å²) in [6, 6.07) is 2.10. The van der Waals surface area contributed by atoms with Gasteiger partial charge in [0, 0.05) is 0 Å². The number of anilines is 1. The Morgan fingerprint density at radius 1 is 1.05 bits per heavy atom. The van der Waals surface area contributed by atoms with Crippen molar-refractivity contribution in [1.82, 2.24) is 0 Å². The number of nitrogens with zero attached hydrogens (tertiary/aromatic N) is 2. The normalized spacial score (nSPS) is 11.1. The van der Waals surface area contributed by atoms with Crippen LogP contribution < -0.4 is 5.43 Å². The van der Waals surface area contributed by atoms with Crippen molar-refractivity contribution in [3.05, 3.63) is 57.1 Å². The third kappa shape index (κ3) is 2.73. The highest BCUT2D eigenvalue weighted by Gasteiger charge is 2.25. The van der Waals surface area contributed by atoms with Crippen molar-refractivity contribution in [3.63, 3.8) is 0 Å². The van der Waals surface area contributed by atoms with Crippen LogP contribution in [0.25, 0.3) is 0 Å². The molecule has 2 rings (SSSR count). The molecule has 0 aliphatic carbocycles. The summed E-state index contributed by atoms with van der Waals surface area (Å²) in [5.41, 5.74) is 0.253. The molecule has 116 valence electrons. The third-order valence-corrected chi connectivity index (χ3v) is 2.37. The second-order valence-electron chi connectivity index (χ2n) is 3.75. The van der Waals surface area contributed by atoms with Crippen molar-refractivity contribution in [1.29, 1.82) is 0 Å². The Bertz CT molecular complexity index is 746. The fourth-order valence-electron chi connectivity index (χ4n) is 1.37. The van der Waals surface area contributed by atoms with E-state index in [4.69, 9.17) is 0 Å². The van der Waals surface area contributed by atoms with Gasteiger partial charge in [0.25, 0.3) is 0 Å². The number of hydrazone groups is 1. The van der Waals surface area contributed by atoms with E-state index in [1.165, 1.54) is 0 Å². The van der Waals surface area contributed by atoms with Gasteiger partial charge in [-0.1, -0.05) is 0 Å². The van der Waals surface area contributed by atoms with Crippen molar-refractivity contribution in [2.24, 2.45) is 5.10 Å². The Labute approximate surface area is 118 Å². The number of nitrogens with one attached hydrogen (secondary N) is 1. The van der Waals surface area contributed by atoms with E-state index in [0.29, 0.717) is 0 Å². The van der Waals surface area contributed by atoms with Crippen LogP contribution in [0.5, 0.6) is 0 Å². The highest BCUT2D eigenvalue weighted by molar-refractivity contribution is 5.77. The summed E-state index contributed by atoms with van der Waals surface area (Å²) in [5, 5.41) is 13.5. The number of rotatable bonds is 4. The molecule has 1 heterocycles. The summed E-state index contributed by atoms with van der Waals surface area (Å²) in [4.78, 5) is 9.50. The SMILES string of the molecule is O=[N+]([O-])c1ccc(/C=N/Nc2c(F)c(F)c(F)c(F)c2F)o1. The van der Waals surface area contributed by atoms with Gasteiger partial charge in [0.1, 0.15) is 10.6 Å². The van der Waals surface area contributed by atoms with Gasteiger partial charge in [-0.2, -0.15) is 5.10 Å². The Morgan fingerprint density at radius 3 is 2.09 bits per heavy atom. The van der Waals surface area contributed by atoms with E-state index in [2.05, 4.69) is 9.52 Å². The first-order valence-electron chi connectivity index (χ1n) is 5.37. The first-order chi connectivity index (χ1) is 10.3. The largest absolute Gasteiger partial charge is 0.433 e. The minimum atomic E-state index is -2.30. The fraction of sp³-hybridized carbons (Fsp3) is 0. The predicted octanol–water partition coefficient (Wildman–Crippen LogP) is 3.33. The van der Waals surface area contributed by atoms with Gasteiger partial charge in [-0.25, -0.2) is 22.0 Å². The van der Waals surface area contributed by atoms with Gasteiger partial charge in [0.15, 0.2) is 29.0 Å². The molecule has 0 unspecified atom stereocenters. The molecule has 0 aliphatic heterocycles. The number of hydrogen-bond donors (Lipinski definition) is 1. The second kappa shape index (κ2) is 5.79. The molecule has 0 spiro atoms. The third-order valence-electron chi connectivity index (χ3n) is 2.37. The summed E-state index contributed by atoms with van der Waals surface area (Å²) in [7, 11) is 0. The van der Waals surface area contributed by atoms with Crippen molar-refractivity contribution < 1.29 is 31.3 Å². The molecule has 22 heavy (non-hydrogen) atoms.